The number of carbonyl (C=O) groups is 1. The van der Waals surface area contributed by atoms with E-state index in [1.54, 1.807) is 0 Å². The van der Waals surface area contributed by atoms with Gasteiger partial charge < -0.3 is 28.8 Å². The van der Waals surface area contributed by atoms with E-state index in [1.165, 1.54) is 238 Å². The highest BCUT2D eigenvalue weighted by Crippen LogP contribution is 2.38. The van der Waals surface area contributed by atoms with Gasteiger partial charge in [0.15, 0.2) is 0 Å². The Hall–Kier alpha value is -1.28. The molecule has 1 amide bonds. The molecule has 0 saturated carbocycles. The average molecular weight is 1050 g/mol. The smallest absolute Gasteiger partial charge is 0.268 e. The molecule has 2 N–H and O–H groups in total. The number of allylic oxidation sites excluding steroid dienone is 6. The first-order valence-corrected chi connectivity index (χ1v) is 33.3. The molecule has 0 aromatic rings. The zero-order valence-corrected chi connectivity index (χ0v) is 50.3. The largest absolute Gasteiger partial charge is 0.756 e. The number of carbonyl (C=O) groups excluding carboxylic acids is 1. The fourth-order valence-corrected chi connectivity index (χ4v) is 10.4. The Labute approximate surface area is 455 Å². The molecule has 3 unspecified atom stereocenters. The molecule has 0 aliphatic carbocycles. The van der Waals surface area contributed by atoms with Gasteiger partial charge in [0, 0.05) is 6.42 Å². The van der Waals surface area contributed by atoms with E-state index < -0.39 is 20.0 Å². The Kier molecular flexibility index (Phi) is 54.5. The van der Waals surface area contributed by atoms with Crippen LogP contribution in [0.2, 0.25) is 0 Å². The van der Waals surface area contributed by atoms with E-state index in [4.69, 9.17) is 9.05 Å². The predicted octanol–water partition coefficient (Wildman–Crippen LogP) is 19.1. The third-order valence-corrected chi connectivity index (χ3v) is 15.6. The van der Waals surface area contributed by atoms with E-state index in [0.717, 1.165) is 51.4 Å². The molecule has 9 heteroatoms. The molecule has 0 radical (unpaired) electrons. The van der Waals surface area contributed by atoms with Gasteiger partial charge >= 0.3 is 0 Å². The van der Waals surface area contributed by atoms with E-state index in [0.29, 0.717) is 23.9 Å². The molecular weight excluding hydrogens is 924 g/mol. The molecule has 73 heavy (non-hydrogen) atoms. The standard InChI is InChI=1S/C64H125N2O6P/c1-6-8-10-12-14-16-18-20-22-24-26-28-29-30-31-32-33-34-35-36-37-38-40-42-44-46-48-50-52-54-56-58-64(68)65-62(61-72-73(69,70)71-60-59-66(3,4)5)63(67)57-55-53-51-49-47-45-43-41-39-27-25-23-21-19-17-15-13-11-9-7-2/h18,20,24,26,29-30,62-63,67H,6-17,19,21-23,25,27-28,31-61H2,1-5H3,(H-,65,68,69,70)/b20-18-,26-24-,30-29-. The Bertz CT molecular complexity index is 1280. The zero-order valence-electron chi connectivity index (χ0n) is 49.4. The number of phosphoric ester groups is 1. The number of aliphatic hydroxyl groups excluding tert-OH is 1. The van der Waals surface area contributed by atoms with Crippen LogP contribution in [0.3, 0.4) is 0 Å². The second-order valence-electron chi connectivity index (χ2n) is 23.1. The van der Waals surface area contributed by atoms with Crippen molar-refractivity contribution in [3.63, 3.8) is 0 Å². The monoisotopic (exact) mass is 1050 g/mol. The van der Waals surface area contributed by atoms with Gasteiger partial charge in [0.05, 0.1) is 39.9 Å². The van der Waals surface area contributed by atoms with Crippen molar-refractivity contribution in [2.45, 2.75) is 328 Å². The normalized spacial score (nSPS) is 14.0. The van der Waals surface area contributed by atoms with Gasteiger partial charge in [-0.2, -0.15) is 0 Å². The van der Waals surface area contributed by atoms with Gasteiger partial charge in [-0.05, 0) is 51.4 Å². The summed E-state index contributed by atoms with van der Waals surface area (Å²) >= 11 is 0. The highest BCUT2D eigenvalue weighted by molar-refractivity contribution is 7.45. The van der Waals surface area contributed by atoms with Crippen LogP contribution in [0, 0.1) is 0 Å². The van der Waals surface area contributed by atoms with Gasteiger partial charge in [0.25, 0.3) is 7.82 Å². The quantitative estimate of drug-likeness (QED) is 0.0272. The van der Waals surface area contributed by atoms with Crippen molar-refractivity contribution in [2.75, 3.05) is 40.9 Å². The van der Waals surface area contributed by atoms with Crippen molar-refractivity contribution in [2.24, 2.45) is 0 Å². The maximum absolute atomic E-state index is 13.0. The second kappa shape index (κ2) is 55.5. The first-order chi connectivity index (χ1) is 35.5. The zero-order chi connectivity index (χ0) is 53.5. The number of rotatable bonds is 59. The number of hydrogen-bond acceptors (Lipinski definition) is 6. The first-order valence-electron chi connectivity index (χ1n) is 31.8. The maximum atomic E-state index is 13.0. The first kappa shape index (κ1) is 71.7. The summed E-state index contributed by atoms with van der Waals surface area (Å²) in [5.41, 5.74) is 0. The molecule has 0 aromatic carbocycles. The molecule has 8 nitrogen and oxygen atoms in total. The molecule has 432 valence electrons. The molecule has 0 fully saturated rings. The van der Waals surface area contributed by atoms with Crippen molar-refractivity contribution in [1.29, 1.82) is 0 Å². The Morgan fingerprint density at radius 2 is 0.795 bits per heavy atom. The Morgan fingerprint density at radius 3 is 1.15 bits per heavy atom. The number of amides is 1. The third kappa shape index (κ3) is 58.2. The fourth-order valence-electron chi connectivity index (χ4n) is 9.64. The van der Waals surface area contributed by atoms with Crippen LogP contribution in [0.1, 0.15) is 316 Å². The Morgan fingerprint density at radius 1 is 0.479 bits per heavy atom. The number of hydrogen-bond donors (Lipinski definition) is 2. The summed E-state index contributed by atoms with van der Waals surface area (Å²) in [7, 11) is 1.32. The topological polar surface area (TPSA) is 108 Å². The van der Waals surface area contributed by atoms with Crippen LogP contribution in [0.15, 0.2) is 36.5 Å². The average Bonchev–Trinajstić information content (AvgIpc) is 3.35. The lowest BCUT2D eigenvalue weighted by Crippen LogP contribution is -2.46. The minimum atomic E-state index is -4.57. The lowest BCUT2D eigenvalue weighted by molar-refractivity contribution is -0.870. The van der Waals surface area contributed by atoms with Crippen LogP contribution >= 0.6 is 7.82 Å². The van der Waals surface area contributed by atoms with Crippen LogP contribution < -0.4 is 10.2 Å². The summed E-state index contributed by atoms with van der Waals surface area (Å²) in [5, 5.41) is 14.1. The number of quaternary nitrogens is 1. The summed E-state index contributed by atoms with van der Waals surface area (Å²) in [5.74, 6) is -0.160. The van der Waals surface area contributed by atoms with Crippen molar-refractivity contribution in [3.8, 4) is 0 Å². The second-order valence-corrected chi connectivity index (χ2v) is 24.5. The summed E-state index contributed by atoms with van der Waals surface area (Å²) < 4.78 is 23.5. The summed E-state index contributed by atoms with van der Waals surface area (Å²) in [6.45, 7) is 4.75. The predicted molar refractivity (Wildman–Crippen MR) is 316 cm³/mol. The molecule has 3 atom stereocenters. The van der Waals surface area contributed by atoms with Crippen LogP contribution in [-0.2, 0) is 18.4 Å². The van der Waals surface area contributed by atoms with Crippen molar-refractivity contribution >= 4 is 13.7 Å². The Balaban J connectivity index is 4.05. The SMILES string of the molecule is CCCCCCC/C=C\C/C=C\C/C=C\CCCCCCCCCCCCCCCCCCC(=O)NC(COP(=O)([O-])OCC[N+](C)(C)C)C(O)CCCCCCCCCCCCCCCCCCCCCC. The van der Waals surface area contributed by atoms with Crippen LogP contribution in [-0.4, -0.2) is 68.5 Å². The third-order valence-electron chi connectivity index (χ3n) is 14.6. The molecule has 0 aliphatic rings. The van der Waals surface area contributed by atoms with Crippen LogP contribution in [0.25, 0.3) is 0 Å². The molecule has 0 saturated heterocycles. The molecule has 0 heterocycles. The fraction of sp³-hybridized carbons (Fsp3) is 0.891. The number of nitrogens with zero attached hydrogens (tertiary/aromatic N) is 1. The molecule has 0 spiro atoms. The minimum absolute atomic E-state index is 0.0135. The van der Waals surface area contributed by atoms with Gasteiger partial charge in [-0.3, -0.25) is 9.36 Å². The van der Waals surface area contributed by atoms with Crippen molar-refractivity contribution in [1.82, 2.24) is 5.32 Å². The van der Waals surface area contributed by atoms with Gasteiger partial charge in [-0.25, -0.2) is 0 Å². The number of likely N-dealkylation sites (N-methyl/N-ethyl adjacent to an activating group) is 1. The highest BCUT2D eigenvalue weighted by Gasteiger charge is 2.24. The van der Waals surface area contributed by atoms with Gasteiger partial charge in [0.2, 0.25) is 5.91 Å². The molecule has 0 bridgehead atoms. The van der Waals surface area contributed by atoms with Gasteiger partial charge in [-0.1, -0.05) is 294 Å². The summed E-state index contributed by atoms with van der Waals surface area (Å²) in [4.78, 5) is 25.6. The van der Waals surface area contributed by atoms with E-state index in [2.05, 4.69) is 55.6 Å². The van der Waals surface area contributed by atoms with Gasteiger partial charge in [-0.15, -0.1) is 0 Å². The van der Waals surface area contributed by atoms with Crippen molar-refractivity contribution in [3.05, 3.63) is 36.5 Å². The lowest BCUT2D eigenvalue weighted by Gasteiger charge is -2.30. The molecular formula is C64H125N2O6P. The van der Waals surface area contributed by atoms with E-state index in [9.17, 15) is 19.4 Å². The van der Waals surface area contributed by atoms with Crippen LogP contribution in [0.5, 0.6) is 0 Å². The van der Waals surface area contributed by atoms with E-state index >= 15 is 0 Å². The van der Waals surface area contributed by atoms with E-state index in [-0.39, 0.29) is 19.1 Å². The van der Waals surface area contributed by atoms with Crippen LogP contribution in [0.4, 0.5) is 0 Å². The molecule has 0 rings (SSSR count). The number of nitrogens with one attached hydrogen (secondary N) is 1. The van der Waals surface area contributed by atoms with Crippen molar-refractivity contribution < 1.29 is 32.9 Å². The number of aliphatic hydroxyl groups is 1. The maximum Gasteiger partial charge on any atom is 0.268 e. The summed E-state index contributed by atoms with van der Waals surface area (Å²) in [6, 6.07) is -0.801. The minimum Gasteiger partial charge on any atom is -0.756 e. The molecule has 0 aromatic heterocycles. The lowest BCUT2D eigenvalue weighted by atomic mass is 10.0. The van der Waals surface area contributed by atoms with E-state index in [1.807, 2.05) is 21.1 Å². The molecule has 0 aliphatic heterocycles. The highest BCUT2D eigenvalue weighted by atomic mass is 31.2. The summed E-state index contributed by atoms with van der Waals surface area (Å²) in [6.07, 6.45) is 71.9. The number of phosphoric acid groups is 1. The number of unbranched alkanes of at least 4 members (excludes halogenated alkanes) is 40. The van der Waals surface area contributed by atoms with Gasteiger partial charge in [0.1, 0.15) is 13.2 Å².